The first-order valence-electron chi connectivity index (χ1n) is 10.4. The molecule has 154 valence electrons. The van der Waals surface area contributed by atoms with Crippen LogP contribution in [-0.4, -0.2) is 56.8 Å². The van der Waals surface area contributed by atoms with Crippen molar-refractivity contribution in [1.29, 1.82) is 0 Å². The average Bonchev–Trinajstić information content (AvgIpc) is 3.42. The Hall–Kier alpha value is -2.90. The molecule has 0 radical (unpaired) electrons. The van der Waals surface area contributed by atoms with Crippen LogP contribution in [0.25, 0.3) is 10.9 Å². The van der Waals surface area contributed by atoms with Crippen LogP contribution in [-0.2, 0) is 16.1 Å². The van der Waals surface area contributed by atoms with Crippen molar-refractivity contribution in [2.75, 3.05) is 19.6 Å². The molecular formula is C21H26N4O4. The number of likely N-dealkylation sites (tertiary alicyclic amines) is 2. The van der Waals surface area contributed by atoms with E-state index in [1.807, 2.05) is 4.90 Å². The van der Waals surface area contributed by atoms with Gasteiger partial charge in [0.1, 0.15) is 6.04 Å². The maximum Gasteiger partial charge on any atom is 0.328 e. The van der Waals surface area contributed by atoms with Crippen molar-refractivity contribution < 1.29 is 9.59 Å². The lowest BCUT2D eigenvalue weighted by molar-refractivity contribution is -0.143. The van der Waals surface area contributed by atoms with Crippen LogP contribution < -0.4 is 11.2 Å². The van der Waals surface area contributed by atoms with Crippen molar-refractivity contribution in [3.63, 3.8) is 0 Å². The second kappa shape index (κ2) is 8.23. The van der Waals surface area contributed by atoms with Crippen LogP contribution in [0.5, 0.6) is 0 Å². The van der Waals surface area contributed by atoms with Gasteiger partial charge in [-0.25, -0.2) is 4.79 Å². The van der Waals surface area contributed by atoms with Gasteiger partial charge in [-0.05, 0) is 44.2 Å². The van der Waals surface area contributed by atoms with Gasteiger partial charge in [-0.3, -0.25) is 19.0 Å². The Bertz CT molecular complexity index is 1030. The highest BCUT2D eigenvalue weighted by molar-refractivity contribution is 5.88. The first-order valence-corrected chi connectivity index (χ1v) is 10.4. The molecule has 2 amide bonds. The zero-order chi connectivity index (χ0) is 20.4. The van der Waals surface area contributed by atoms with Crippen molar-refractivity contribution in [2.24, 2.45) is 0 Å². The number of fused-ring (bicyclic) bond motifs is 1. The number of amides is 2. The number of hydrogen-bond acceptors (Lipinski definition) is 4. The molecule has 1 N–H and O–H groups in total. The third-order valence-corrected chi connectivity index (χ3v) is 5.94. The maximum atomic E-state index is 12.7. The molecular weight excluding hydrogens is 372 g/mol. The van der Waals surface area contributed by atoms with E-state index in [0.717, 1.165) is 36.9 Å². The zero-order valence-corrected chi connectivity index (χ0v) is 16.4. The van der Waals surface area contributed by atoms with Crippen molar-refractivity contribution in [2.45, 2.75) is 51.1 Å². The summed E-state index contributed by atoms with van der Waals surface area (Å²) in [6.45, 7) is 2.33. The summed E-state index contributed by atoms with van der Waals surface area (Å²) in [6.07, 6.45) is 4.19. The van der Waals surface area contributed by atoms with Crippen LogP contribution in [0.15, 0.2) is 33.9 Å². The molecule has 2 saturated heterocycles. The van der Waals surface area contributed by atoms with Crippen molar-refractivity contribution in [3.8, 4) is 0 Å². The summed E-state index contributed by atoms with van der Waals surface area (Å²) in [5.74, 6) is -0.0131. The highest BCUT2D eigenvalue weighted by Gasteiger charge is 2.36. The first kappa shape index (κ1) is 19.4. The number of hydrogen-bond donors (Lipinski definition) is 1. The van der Waals surface area contributed by atoms with Gasteiger partial charge in [0.15, 0.2) is 0 Å². The molecule has 3 heterocycles. The fraction of sp³-hybridized carbons (Fsp3) is 0.524. The third-order valence-electron chi connectivity index (χ3n) is 5.94. The predicted octanol–water partition coefficient (Wildman–Crippen LogP) is 1.08. The fourth-order valence-electron chi connectivity index (χ4n) is 4.40. The summed E-state index contributed by atoms with van der Waals surface area (Å²) >= 11 is 0. The van der Waals surface area contributed by atoms with E-state index >= 15 is 0 Å². The molecule has 2 aliphatic rings. The maximum absolute atomic E-state index is 12.7. The SMILES string of the molecule is O=C(C1CCCN1C(=O)CCCn1c(=O)[nH]c2ccccc2c1=O)N1CCCC1. The lowest BCUT2D eigenvalue weighted by Gasteiger charge is -2.27. The van der Waals surface area contributed by atoms with Crippen LogP contribution in [0.3, 0.4) is 0 Å². The molecule has 1 aromatic carbocycles. The van der Waals surface area contributed by atoms with Gasteiger partial charge < -0.3 is 14.8 Å². The number of carbonyl (C=O) groups excluding carboxylic acids is 2. The summed E-state index contributed by atoms with van der Waals surface area (Å²) < 4.78 is 1.15. The second-order valence-corrected chi connectivity index (χ2v) is 7.81. The van der Waals surface area contributed by atoms with E-state index in [0.29, 0.717) is 30.3 Å². The Morgan fingerprint density at radius 2 is 1.79 bits per heavy atom. The summed E-state index contributed by atoms with van der Waals surface area (Å²) in [7, 11) is 0. The standard InChI is InChI=1S/C21H26N4O4/c26-18(24-13-5-9-17(24)20(28)23-11-3-4-12-23)10-6-14-25-19(27)15-7-1-2-8-16(15)22-21(25)29/h1-2,7-8,17H,3-6,9-14H2,(H,22,29). The molecule has 29 heavy (non-hydrogen) atoms. The van der Waals surface area contributed by atoms with E-state index in [4.69, 9.17) is 0 Å². The Balaban J connectivity index is 1.40. The number of para-hydroxylation sites is 1. The van der Waals surface area contributed by atoms with E-state index in [1.54, 1.807) is 29.2 Å². The zero-order valence-electron chi connectivity index (χ0n) is 16.4. The molecule has 0 aliphatic carbocycles. The number of carbonyl (C=O) groups is 2. The summed E-state index contributed by atoms with van der Waals surface area (Å²) in [6, 6.07) is 6.52. The predicted molar refractivity (Wildman–Crippen MR) is 109 cm³/mol. The number of rotatable bonds is 5. The van der Waals surface area contributed by atoms with Gasteiger partial charge in [-0.2, -0.15) is 0 Å². The number of benzene rings is 1. The lowest BCUT2D eigenvalue weighted by atomic mass is 10.1. The summed E-state index contributed by atoms with van der Waals surface area (Å²) in [4.78, 5) is 56.5. The third kappa shape index (κ3) is 3.83. The summed E-state index contributed by atoms with van der Waals surface area (Å²) in [5, 5.41) is 0.453. The average molecular weight is 398 g/mol. The molecule has 1 unspecified atom stereocenters. The van der Waals surface area contributed by atoms with E-state index in [9.17, 15) is 19.2 Å². The number of aromatic nitrogens is 2. The van der Waals surface area contributed by atoms with Crippen LogP contribution >= 0.6 is 0 Å². The van der Waals surface area contributed by atoms with Gasteiger partial charge >= 0.3 is 5.69 Å². The van der Waals surface area contributed by atoms with E-state index < -0.39 is 5.69 Å². The monoisotopic (exact) mass is 398 g/mol. The molecule has 8 heteroatoms. The molecule has 0 saturated carbocycles. The molecule has 2 aromatic rings. The summed E-state index contributed by atoms with van der Waals surface area (Å²) in [5.41, 5.74) is -0.306. The Kier molecular flexibility index (Phi) is 5.51. The van der Waals surface area contributed by atoms with Gasteiger partial charge in [0.05, 0.1) is 10.9 Å². The highest BCUT2D eigenvalue weighted by atomic mass is 16.2. The Morgan fingerprint density at radius 3 is 2.59 bits per heavy atom. The van der Waals surface area contributed by atoms with Crippen molar-refractivity contribution >= 4 is 22.7 Å². The molecule has 1 atom stereocenters. The Morgan fingerprint density at radius 1 is 1.03 bits per heavy atom. The van der Waals surface area contributed by atoms with Crippen molar-refractivity contribution in [3.05, 3.63) is 45.1 Å². The van der Waals surface area contributed by atoms with Gasteiger partial charge in [-0.15, -0.1) is 0 Å². The van der Waals surface area contributed by atoms with Crippen LogP contribution in [0.1, 0.15) is 38.5 Å². The number of nitrogens with zero attached hydrogens (tertiary/aromatic N) is 3. The normalized spacial score (nSPS) is 19.2. The molecule has 8 nitrogen and oxygen atoms in total. The van der Waals surface area contributed by atoms with Crippen LogP contribution in [0, 0.1) is 0 Å². The van der Waals surface area contributed by atoms with Crippen LogP contribution in [0.4, 0.5) is 0 Å². The second-order valence-electron chi connectivity index (χ2n) is 7.81. The van der Waals surface area contributed by atoms with Crippen LogP contribution in [0.2, 0.25) is 0 Å². The smallest absolute Gasteiger partial charge is 0.328 e. The van der Waals surface area contributed by atoms with Crippen molar-refractivity contribution in [1.82, 2.24) is 19.4 Å². The minimum atomic E-state index is -0.468. The quantitative estimate of drug-likeness (QED) is 0.815. The van der Waals surface area contributed by atoms with Gasteiger partial charge in [0.2, 0.25) is 11.8 Å². The fourth-order valence-corrected chi connectivity index (χ4v) is 4.40. The topological polar surface area (TPSA) is 95.5 Å². The number of nitrogens with one attached hydrogen (secondary N) is 1. The highest BCUT2D eigenvalue weighted by Crippen LogP contribution is 2.22. The minimum Gasteiger partial charge on any atom is -0.341 e. The molecule has 0 spiro atoms. The van der Waals surface area contributed by atoms with E-state index in [1.165, 1.54) is 0 Å². The first-order chi connectivity index (χ1) is 14.1. The Labute approximate surface area is 168 Å². The molecule has 2 aliphatic heterocycles. The lowest BCUT2D eigenvalue weighted by Crippen LogP contribution is -2.47. The molecule has 4 rings (SSSR count). The molecule has 1 aromatic heterocycles. The number of H-pyrrole nitrogens is 1. The molecule has 0 bridgehead atoms. The van der Waals surface area contributed by atoms with Gasteiger partial charge in [0, 0.05) is 32.6 Å². The van der Waals surface area contributed by atoms with E-state index in [-0.39, 0.29) is 36.4 Å². The van der Waals surface area contributed by atoms with Gasteiger partial charge in [0.25, 0.3) is 5.56 Å². The van der Waals surface area contributed by atoms with Gasteiger partial charge in [-0.1, -0.05) is 12.1 Å². The largest absolute Gasteiger partial charge is 0.341 e. The van der Waals surface area contributed by atoms with E-state index in [2.05, 4.69) is 4.98 Å². The molecule has 2 fully saturated rings. The number of aromatic amines is 1. The minimum absolute atomic E-state index is 0.0653.